The van der Waals surface area contributed by atoms with Crippen LogP contribution in [0.5, 0.6) is 6.01 Å². The topological polar surface area (TPSA) is 107 Å². The summed E-state index contributed by atoms with van der Waals surface area (Å²) in [7, 11) is -2.31. The van der Waals surface area contributed by atoms with Crippen LogP contribution in [-0.2, 0) is 10.0 Å². The molecule has 0 saturated heterocycles. The SMILES string of the molecule is COc1nccc(NS(=O)(=O)c2ccc(N)cc2)n1. The zero-order chi connectivity index (χ0) is 13.9. The summed E-state index contributed by atoms with van der Waals surface area (Å²) in [5.41, 5.74) is 6.00. The number of sulfonamides is 1. The molecule has 8 heteroatoms. The van der Waals surface area contributed by atoms with Crippen molar-refractivity contribution in [3.05, 3.63) is 36.5 Å². The fraction of sp³-hybridized carbons (Fsp3) is 0.0909. The number of hydrogen-bond acceptors (Lipinski definition) is 6. The van der Waals surface area contributed by atoms with Crippen LogP contribution in [0.1, 0.15) is 0 Å². The van der Waals surface area contributed by atoms with Crippen molar-refractivity contribution in [2.75, 3.05) is 17.6 Å². The molecule has 0 aliphatic carbocycles. The van der Waals surface area contributed by atoms with Gasteiger partial charge in [-0.15, -0.1) is 0 Å². The Hall–Kier alpha value is -2.35. The summed E-state index contributed by atoms with van der Waals surface area (Å²) < 4.78 is 31.3. The predicted molar refractivity (Wildman–Crippen MR) is 70.2 cm³/mol. The van der Waals surface area contributed by atoms with E-state index in [4.69, 9.17) is 10.5 Å². The molecule has 100 valence electrons. The molecule has 0 radical (unpaired) electrons. The summed E-state index contributed by atoms with van der Waals surface area (Å²) in [5.74, 6) is 0.128. The average molecular weight is 280 g/mol. The number of nitrogens with two attached hydrogens (primary N) is 1. The summed E-state index contributed by atoms with van der Waals surface area (Å²) in [4.78, 5) is 7.76. The summed E-state index contributed by atoms with van der Waals surface area (Å²) in [6.07, 6.45) is 1.40. The first-order chi connectivity index (χ1) is 9.01. The molecule has 7 nitrogen and oxygen atoms in total. The van der Waals surface area contributed by atoms with E-state index >= 15 is 0 Å². The number of nitrogen functional groups attached to an aromatic ring is 1. The number of aromatic nitrogens is 2. The van der Waals surface area contributed by atoms with Crippen LogP contribution >= 0.6 is 0 Å². The number of methoxy groups -OCH3 is 1. The lowest BCUT2D eigenvalue weighted by Gasteiger charge is -2.07. The van der Waals surface area contributed by atoms with Gasteiger partial charge in [0.15, 0.2) is 0 Å². The molecular formula is C11H12N4O3S. The minimum Gasteiger partial charge on any atom is -0.467 e. The van der Waals surface area contributed by atoms with E-state index in [1.54, 1.807) is 0 Å². The number of rotatable bonds is 4. The average Bonchev–Trinajstić information content (AvgIpc) is 2.39. The summed E-state index contributed by atoms with van der Waals surface area (Å²) in [6.45, 7) is 0. The van der Waals surface area contributed by atoms with Crippen LogP contribution in [0.25, 0.3) is 0 Å². The lowest BCUT2D eigenvalue weighted by atomic mass is 10.3. The van der Waals surface area contributed by atoms with E-state index < -0.39 is 10.0 Å². The number of ether oxygens (including phenoxy) is 1. The molecule has 0 spiro atoms. The Morgan fingerprint density at radius 3 is 2.53 bits per heavy atom. The molecule has 1 heterocycles. The van der Waals surface area contributed by atoms with Gasteiger partial charge >= 0.3 is 6.01 Å². The fourth-order valence-corrected chi connectivity index (χ4v) is 2.34. The maximum absolute atomic E-state index is 12.1. The third-order valence-corrected chi connectivity index (χ3v) is 3.62. The number of hydrogen-bond donors (Lipinski definition) is 2. The van der Waals surface area contributed by atoms with Gasteiger partial charge in [0.2, 0.25) is 0 Å². The minimum atomic E-state index is -3.71. The van der Waals surface area contributed by atoms with E-state index in [0.29, 0.717) is 5.69 Å². The molecule has 0 aliphatic rings. The Morgan fingerprint density at radius 2 is 1.89 bits per heavy atom. The smallest absolute Gasteiger partial charge is 0.318 e. The maximum atomic E-state index is 12.1. The van der Waals surface area contributed by atoms with Gasteiger partial charge in [0.1, 0.15) is 5.82 Å². The van der Waals surface area contributed by atoms with Gasteiger partial charge in [0.05, 0.1) is 12.0 Å². The van der Waals surface area contributed by atoms with Gasteiger partial charge in [0, 0.05) is 18.0 Å². The second-order valence-corrected chi connectivity index (χ2v) is 5.29. The molecule has 2 rings (SSSR count). The third-order valence-electron chi connectivity index (χ3n) is 2.25. The van der Waals surface area contributed by atoms with Crippen molar-refractivity contribution < 1.29 is 13.2 Å². The number of nitrogens with one attached hydrogen (secondary N) is 1. The Bertz CT molecular complexity index is 671. The highest BCUT2D eigenvalue weighted by Crippen LogP contribution is 2.16. The minimum absolute atomic E-state index is 0.0810. The Balaban J connectivity index is 2.28. The maximum Gasteiger partial charge on any atom is 0.318 e. The Labute approximate surface area is 110 Å². The van der Waals surface area contributed by atoms with Gasteiger partial charge < -0.3 is 10.5 Å². The normalized spacial score (nSPS) is 11.0. The highest BCUT2D eigenvalue weighted by Gasteiger charge is 2.14. The zero-order valence-corrected chi connectivity index (χ0v) is 10.9. The fourth-order valence-electron chi connectivity index (χ4n) is 1.34. The van der Waals surface area contributed by atoms with Crippen molar-refractivity contribution in [2.45, 2.75) is 4.90 Å². The molecule has 0 aliphatic heterocycles. The van der Waals surface area contributed by atoms with Crippen molar-refractivity contribution >= 4 is 21.5 Å². The molecule has 0 saturated carbocycles. The van der Waals surface area contributed by atoms with Crippen LogP contribution in [0.3, 0.4) is 0 Å². The van der Waals surface area contributed by atoms with E-state index in [0.717, 1.165) is 0 Å². The van der Waals surface area contributed by atoms with Crippen LogP contribution in [0.2, 0.25) is 0 Å². The first-order valence-corrected chi connectivity index (χ1v) is 6.75. The van der Waals surface area contributed by atoms with E-state index in [9.17, 15) is 8.42 Å². The predicted octanol–water partition coefficient (Wildman–Crippen LogP) is 0.868. The van der Waals surface area contributed by atoms with E-state index in [1.165, 1.54) is 43.6 Å². The molecule has 0 atom stereocenters. The molecular weight excluding hydrogens is 268 g/mol. The first-order valence-electron chi connectivity index (χ1n) is 5.27. The van der Waals surface area contributed by atoms with Gasteiger partial charge in [-0.3, -0.25) is 4.72 Å². The quantitative estimate of drug-likeness (QED) is 0.805. The van der Waals surface area contributed by atoms with Crippen molar-refractivity contribution in [3.63, 3.8) is 0 Å². The monoisotopic (exact) mass is 280 g/mol. The van der Waals surface area contributed by atoms with Gasteiger partial charge in [-0.05, 0) is 24.3 Å². The summed E-state index contributed by atoms with van der Waals surface area (Å²) in [5, 5.41) is 0. The van der Waals surface area contributed by atoms with Crippen molar-refractivity contribution in [1.29, 1.82) is 0 Å². The van der Waals surface area contributed by atoms with Gasteiger partial charge in [0.25, 0.3) is 10.0 Å². The van der Waals surface area contributed by atoms with Crippen molar-refractivity contribution in [2.24, 2.45) is 0 Å². The van der Waals surface area contributed by atoms with Gasteiger partial charge in [-0.1, -0.05) is 0 Å². The van der Waals surface area contributed by atoms with Crippen LogP contribution in [0.15, 0.2) is 41.4 Å². The second-order valence-electron chi connectivity index (χ2n) is 3.60. The number of anilines is 2. The van der Waals surface area contributed by atoms with E-state index in [1.807, 2.05) is 0 Å². The van der Waals surface area contributed by atoms with Gasteiger partial charge in [-0.2, -0.15) is 4.98 Å². The zero-order valence-electron chi connectivity index (χ0n) is 10.1. The van der Waals surface area contributed by atoms with Crippen molar-refractivity contribution in [3.8, 4) is 6.01 Å². The Kier molecular flexibility index (Phi) is 3.52. The molecule has 3 N–H and O–H groups in total. The highest BCUT2D eigenvalue weighted by atomic mass is 32.2. The largest absolute Gasteiger partial charge is 0.467 e. The van der Waals surface area contributed by atoms with Crippen molar-refractivity contribution in [1.82, 2.24) is 9.97 Å². The van der Waals surface area contributed by atoms with Crippen LogP contribution < -0.4 is 15.2 Å². The molecule has 1 aromatic heterocycles. The first kappa shape index (κ1) is 13.1. The summed E-state index contributed by atoms with van der Waals surface area (Å²) in [6, 6.07) is 7.35. The van der Waals surface area contributed by atoms with Gasteiger partial charge in [-0.25, -0.2) is 13.4 Å². The lowest BCUT2D eigenvalue weighted by molar-refractivity contribution is 0.380. The highest BCUT2D eigenvalue weighted by molar-refractivity contribution is 7.92. The van der Waals surface area contributed by atoms with E-state index in [-0.39, 0.29) is 16.7 Å². The molecule has 0 unspecified atom stereocenters. The summed E-state index contributed by atoms with van der Waals surface area (Å²) >= 11 is 0. The molecule has 19 heavy (non-hydrogen) atoms. The van der Waals surface area contributed by atoms with Crippen LogP contribution in [0, 0.1) is 0 Å². The lowest BCUT2D eigenvalue weighted by Crippen LogP contribution is -2.14. The number of nitrogens with zero attached hydrogens (tertiary/aromatic N) is 2. The molecule has 0 amide bonds. The van der Waals surface area contributed by atoms with Crippen LogP contribution in [0.4, 0.5) is 11.5 Å². The van der Waals surface area contributed by atoms with Crippen LogP contribution in [-0.4, -0.2) is 25.5 Å². The molecule has 0 bridgehead atoms. The number of benzene rings is 1. The molecule has 0 fully saturated rings. The third kappa shape index (κ3) is 3.10. The van der Waals surface area contributed by atoms with E-state index in [2.05, 4.69) is 14.7 Å². The second kappa shape index (κ2) is 5.11. The standard InChI is InChI=1S/C11H12N4O3S/c1-18-11-13-7-6-10(14-11)15-19(16,17)9-4-2-8(12)3-5-9/h2-7H,12H2,1H3,(H,13,14,15). The molecule has 2 aromatic rings. The Morgan fingerprint density at radius 1 is 1.21 bits per heavy atom. The molecule has 1 aromatic carbocycles.